The maximum Gasteiger partial charge on any atom is 0.152 e. The van der Waals surface area contributed by atoms with Crippen LogP contribution in [0, 0.1) is 0 Å². The molecule has 0 fully saturated rings. The molecule has 2 unspecified atom stereocenters. The third kappa shape index (κ3) is 4.25. The first-order valence-corrected chi connectivity index (χ1v) is 8.15. The van der Waals surface area contributed by atoms with E-state index in [9.17, 15) is 13.5 Å². The van der Waals surface area contributed by atoms with Crippen molar-refractivity contribution >= 4 is 37.4 Å². The molecule has 0 aromatic heterocycles. The van der Waals surface area contributed by atoms with Gasteiger partial charge in [0.25, 0.3) is 0 Å². The average Bonchev–Trinajstić information content (AvgIpc) is 2.19. The Morgan fingerprint density at radius 3 is 2.53 bits per heavy atom. The summed E-state index contributed by atoms with van der Waals surface area (Å²) in [7, 11) is -3.25. The second-order valence-electron chi connectivity index (χ2n) is 4.04. The van der Waals surface area contributed by atoms with E-state index in [2.05, 4.69) is 15.9 Å². The highest BCUT2D eigenvalue weighted by molar-refractivity contribution is 9.10. The van der Waals surface area contributed by atoms with Crippen LogP contribution in [0.5, 0.6) is 0 Å². The van der Waals surface area contributed by atoms with E-state index in [1.807, 2.05) is 0 Å². The van der Waals surface area contributed by atoms with E-state index in [1.165, 1.54) is 6.92 Å². The van der Waals surface area contributed by atoms with Crippen molar-refractivity contribution in [3.8, 4) is 0 Å². The van der Waals surface area contributed by atoms with Gasteiger partial charge < -0.3 is 5.11 Å². The largest absolute Gasteiger partial charge is 0.391 e. The van der Waals surface area contributed by atoms with E-state index >= 15 is 0 Å². The molecule has 1 aromatic rings. The second-order valence-corrected chi connectivity index (χ2v) is 7.77. The Balaban J connectivity index is 2.85. The van der Waals surface area contributed by atoms with Crippen molar-refractivity contribution in [1.82, 2.24) is 0 Å². The number of aliphatic hydroxyl groups excluding tert-OH is 1. The monoisotopic (exact) mass is 340 g/mol. The summed E-state index contributed by atoms with van der Waals surface area (Å²) in [6.07, 6.45) is 0.383. The minimum atomic E-state index is -3.25. The van der Waals surface area contributed by atoms with Crippen molar-refractivity contribution in [1.29, 1.82) is 0 Å². The Morgan fingerprint density at radius 2 is 2.06 bits per heavy atom. The molecule has 1 rings (SSSR count). The lowest BCUT2D eigenvalue weighted by Crippen LogP contribution is -2.32. The fourth-order valence-electron chi connectivity index (χ4n) is 1.36. The smallest absolute Gasteiger partial charge is 0.152 e. The minimum absolute atomic E-state index is 0.223. The Labute approximate surface area is 115 Å². The van der Waals surface area contributed by atoms with Crippen molar-refractivity contribution in [3.05, 3.63) is 33.3 Å². The van der Waals surface area contributed by atoms with Crippen LogP contribution in [0.4, 0.5) is 0 Å². The molecule has 0 aliphatic rings. The quantitative estimate of drug-likeness (QED) is 0.915. The highest BCUT2D eigenvalue weighted by Crippen LogP contribution is 2.23. The average molecular weight is 342 g/mol. The molecular formula is C11H14BrClO3S. The van der Waals surface area contributed by atoms with E-state index in [0.717, 1.165) is 16.3 Å². The van der Waals surface area contributed by atoms with Crippen molar-refractivity contribution < 1.29 is 13.5 Å². The van der Waals surface area contributed by atoms with E-state index in [0.29, 0.717) is 5.02 Å². The predicted molar refractivity (Wildman–Crippen MR) is 73.2 cm³/mol. The van der Waals surface area contributed by atoms with Crippen LogP contribution in [-0.2, 0) is 16.3 Å². The molecule has 0 saturated carbocycles. The molecule has 0 radical (unpaired) electrons. The van der Waals surface area contributed by atoms with Gasteiger partial charge in [-0.15, -0.1) is 0 Å². The summed E-state index contributed by atoms with van der Waals surface area (Å²) in [5, 5.41) is 9.56. The van der Waals surface area contributed by atoms with Crippen molar-refractivity contribution in [3.63, 3.8) is 0 Å². The Morgan fingerprint density at radius 1 is 1.47 bits per heavy atom. The van der Waals surface area contributed by atoms with Gasteiger partial charge in [-0.25, -0.2) is 8.42 Å². The third-order valence-electron chi connectivity index (χ3n) is 2.66. The summed E-state index contributed by atoms with van der Waals surface area (Å²) < 4.78 is 23.4. The van der Waals surface area contributed by atoms with Gasteiger partial charge >= 0.3 is 0 Å². The van der Waals surface area contributed by atoms with Gasteiger partial charge in [0.05, 0.1) is 11.4 Å². The van der Waals surface area contributed by atoms with Gasteiger partial charge in [-0.3, -0.25) is 0 Å². The minimum Gasteiger partial charge on any atom is -0.391 e. The van der Waals surface area contributed by atoms with Crippen LogP contribution in [0.25, 0.3) is 0 Å². The zero-order chi connectivity index (χ0) is 13.2. The van der Waals surface area contributed by atoms with Crippen LogP contribution in [0.3, 0.4) is 0 Å². The standard InChI is InChI=1S/C11H14BrClO3S/c1-7(17(2,15)16)11(14)5-8-3-4-9(12)6-10(8)13/h3-4,6-7,11,14H,5H2,1-2H3. The van der Waals surface area contributed by atoms with Gasteiger partial charge in [0.2, 0.25) is 0 Å². The molecule has 0 bridgehead atoms. The zero-order valence-corrected chi connectivity index (χ0v) is 12.7. The highest BCUT2D eigenvalue weighted by Gasteiger charge is 2.24. The van der Waals surface area contributed by atoms with Crippen LogP contribution in [0.2, 0.25) is 5.02 Å². The second kappa shape index (κ2) is 5.69. The van der Waals surface area contributed by atoms with E-state index in [4.69, 9.17) is 11.6 Å². The summed E-state index contributed by atoms with van der Waals surface area (Å²) in [5.74, 6) is 0. The SMILES string of the molecule is CC(C(O)Cc1ccc(Br)cc1Cl)S(C)(=O)=O. The normalized spacial score (nSPS) is 15.6. The lowest BCUT2D eigenvalue weighted by atomic mass is 10.1. The zero-order valence-electron chi connectivity index (χ0n) is 9.52. The summed E-state index contributed by atoms with van der Waals surface area (Å²) in [6, 6.07) is 5.29. The lowest BCUT2D eigenvalue weighted by Gasteiger charge is -2.17. The van der Waals surface area contributed by atoms with Gasteiger partial charge in [-0.05, 0) is 24.6 Å². The van der Waals surface area contributed by atoms with Gasteiger partial charge in [0.1, 0.15) is 0 Å². The molecule has 1 aromatic carbocycles. The highest BCUT2D eigenvalue weighted by atomic mass is 79.9. The molecule has 0 aliphatic heterocycles. The van der Waals surface area contributed by atoms with Crippen molar-refractivity contribution in [2.75, 3.05) is 6.26 Å². The topological polar surface area (TPSA) is 54.4 Å². The van der Waals surface area contributed by atoms with Crippen molar-refractivity contribution in [2.24, 2.45) is 0 Å². The number of rotatable bonds is 4. The summed E-state index contributed by atoms with van der Waals surface area (Å²) in [5.41, 5.74) is 0.734. The lowest BCUT2D eigenvalue weighted by molar-refractivity contribution is 0.173. The van der Waals surface area contributed by atoms with Gasteiger partial charge in [-0.2, -0.15) is 0 Å². The first-order chi connectivity index (χ1) is 7.71. The third-order valence-corrected chi connectivity index (χ3v) is 5.17. The van der Waals surface area contributed by atoms with Gasteiger partial charge in [-0.1, -0.05) is 33.6 Å². The number of benzene rings is 1. The number of aliphatic hydroxyl groups is 1. The van der Waals surface area contributed by atoms with Crippen molar-refractivity contribution in [2.45, 2.75) is 24.7 Å². The summed E-state index contributed by atoms with van der Waals surface area (Å²) in [4.78, 5) is 0. The fraction of sp³-hybridized carbons (Fsp3) is 0.455. The van der Waals surface area contributed by atoms with Crippen LogP contribution in [0.1, 0.15) is 12.5 Å². The maximum atomic E-state index is 11.3. The van der Waals surface area contributed by atoms with Gasteiger partial charge in [0.15, 0.2) is 9.84 Å². The molecule has 0 spiro atoms. The Kier molecular flexibility index (Phi) is 5.01. The van der Waals surface area contributed by atoms with Crippen LogP contribution in [-0.4, -0.2) is 31.1 Å². The molecule has 0 aliphatic carbocycles. The van der Waals surface area contributed by atoms with E-state index in [1.54, 1.807) is 18.2 Å². The first-order valence-electron chi connectivity index (χ1n) is 5.02. The first kappa shape index (κ1) is 15.0. The molecule has 17 heavy (non-hydrogen) atoms. The molecular weight excluding hydrogens is 328 g/mol. The van der Waals surface area contributed by atoms with E-state index < -0.39 is 21.2 Å². The van der Waals surface area contributed by atoms with Crippen LogP contribution >= 0.6 is 27.5 Å². The number of sulfone groups is 1. The predicted octanol–water partition coefficient (Wildman–Crippen LogP) is 2.44. The number of hydrogen-bond acceptors (Lipinski definition) is 3. The Hall–Kier alpha value is -0.100. The Bertz CT molecular complexity index is 501. The number of hydrogen-bond donors (Lipinski definition) is 1. The molecule has 0 saturated heterocycles. The molecule has 1 N–H and O–H groups in total. The summed E-state index contributed by atoms with van der Waals surface area (Å²) in [6.45, 7) is 1.49. The molecule has 2 atom stereocenters. The molecule has 0 heterocycles. The van der Waals surface area contributed by atoms with Gasteiger partial charge in [0, 0.05) is 22.2 Å². The molecule has 6 heteroatoms. The van der Waals surface area contributed by atoms with Crippen LogP contribution < -0.4 is 0 Å². The fourth-order valence-corrected chi connectivity index (χ4v) is 2.78. The molecule has 3 nitrogen and oxygen atoms in total. The van der Waals surface area contributed by atoms with Crippen LogP contribution in [0.15, 0.2) is 22.7 Å². The molecule has 96 valence electrons. The maximum absolute atomic E-state index is 11.3. The number of halogens is 2. The summed E-state index contributed by atoms with van der Waals surface area (Å²) >= 11 is 9.28. The van der Waals surface area contributed by atoms with E-state index in [-0.39, 0.29) is 6.42 Å². The molecule has 0 amide bonds.